The summed E-state index contributed by atoms with van der Waals surface area (Å²) in [5.41, 5.74) is 0. The Kier molecular flexibility index (Phi) is 5.96. The topological polar surface area (TPSA) is 52.4 Å². The van der Waals surface area contributed by atoms with Crippen LogP contribution in [0.4, 0.5) is 0 Å². The Morgan fingerprint density at radius 1 is 1.54 bits per heavy atom. The average molecular weight is 251 g/mol. The highest BCUT2D eigenvalue weighted by Crippen LogP contribution is 2.32. The largest absolute Gasteiger partial charge is 0.367 e. The van der Waals surface area contributed by atoms with Crippen LogP contribution < -0.4 is 0 Å². The van der Waals surface area contributed by atoms with Crippen molar-refractivity contribution >= 4 is 34.8 Å². The molecule has 0 aliphatic heterocycles. The Balaban J connectivity index is 4.11. The van der Waals surface area contributed by atoms with Gasteiger partial charge in [-0.1, -0.05) is 41.7 Å². The minimum Gasteiger partial charge on any atom is -0.367 e. The summed E-state index contributed by atoms with van der Waals surface area (Å²) in [6.45, 7) is 1.70. The van der Waals surface area contributed by atoms with Crippen molar-refractivity contribution < 1.29 is 9.66 Å². The molecule has 0 bridgehead atoms. The Hall–Kier alpha value is 0.230. The second kappa shape index (κ2) is 5.86. The first kappa shape index (κ1) is 13.2. The van der Waals surface area contributed by atoms with E-state index in [1.807, 2.05) is 6.92 Å². The van der Waals surface area contributed by atoms with E-state index in [-0.39, 0.29) is 0 Å². The van der Waals surface area contributed by atoms with Gasteiger partial charge in [0.25, 0.3) is 0 Å². The molecule has 0 radical (unpaired) electrons. The molecule has 0 heterocycles. The fraction of sp³-hybridized carbons (Fsp3) is 1.00. The van der Waals surface area contributed by atoms with Crippen LogP contribution >= 0.6 is 34.8 Å². The van der Waals surface area contributed by atoms with Crippen molar-refractivity contribution in [2.45, 2.75) is 23.2 Å². The Bertz CT molecular complexity index is 171. The summed E-state index contributed by atoms with van der Waals surface area (Å²) < 4.78 is 3.28. The summed E-state index contributed by atoms with van der Waals surface area (Å²) in [7, 11) is 0. The monoisotopic (exact) mass is 249 g/mol. The summed E-state index contributed by atoms with van der Waals surface area (Å²) in [4.78, 5) is 9.60. The lowest BCUT2D eigenvalue weighted by atomic mass is 10.4. The summed E-state index contributed by atoms with van der Waals surface area (Å²) in [5, 5.41) is 10.2. The van der Waals surface area contributed by atoms with Gasteiger partial charge in [0.1, 0.15) is 0 Å². The first-order valence-corrected chi connectivity index (χ1v) is 4.81. The maximum atomic E-state index is 10.2. The highest BCUT2D eigenvalue weighted by molar-refractivity contribution is 6.68. The molecule has 0 aliphatic rings. The number of nitrogens with zero attached hydrogens (tertiary/aromatic N) is 1. The first-order chi connectivity index (χ1) is 5.88. The maximum absolute atomic E-state index is 10.2. The molecule has 0 spiro atoms. The van der Waals surface area contributed by atoms with Crippen LogP contribution in [0.1, 0.15) is 13.3 Å². The van der Waals surface area contributed by atoms with Crippen LogP contribution in [0.15, 0.2) is 0 Å². The predicted octanol–water partition coefficient (Wildman–Crippen LogP) is 2.43. The van der Waals surface area contributed by atoms with E-state index in [0.29, 0.717) is 6.61 Å². The van der Waals surface area contributed by atoms with Crippen LogP contribution in [0, 0.1) is 10.1 Å². The van der Waals surface area contributed by atoms with E-state index in [1.54, 1.807) is 0 Å². The van der Waals surface area contributed by atoms with E-state index in [0.717, 1.165) is 6.42 Å². The number of alkyl halides is 3. The zero-order valence-electron chi connectivity index (χ0n) is 7.00. The second-order valence-electron chi connectivity index (χ2n) is 2.42. The molecule has 4 nitrogen and oxygen atoms in total. The van der Waals surface area contributed by atoms with E-state index in [9.17, 15) is 10.1 Å². The maximum Gasteiger partial charge on any atom is 0.233 e. The van der Waals surface area contributed by atoms with Gasteiger partial charge in [-0.2, -0.15) is 0 Å². The Morgan fingerprint density at radius 3 is 2.38 bits per heavy atom. The van der Waals surface area contributed by atoms with Gasteiger partial charge in [-0.15, -0.1) is 0 Å². The summed E-state index contributed by atoms with van der Waals surface area (Å²) in [6.07, 6.45) is -0.276. The molecular weight excluding hydrogens is 240 g/mol. The van der Waals surface area contributed by atoms with Crippen molar-refractivity contribution in [2.24, 2.45) is 0 Å². The van der Waals surface area contributed by atoms with Crippen molar-refractivity contribution in [3.8, 4) is 0 Å². The van der Waals surface area contributed by atoms with Crippen molar-refractivity contribution in [3.05, 3.63) is 10.1 Å². The molecule has 0 aromatic rings. The van der Waals surface area contributed by atoms with E-state index >= 15 is 0 Å². The van der Waals surface area contributed by atoms with Crippen molar-refractivity contribution in [3.63, 3.8) is 0 Å². The zero-order valence-corrected chi connectivity index (χ0v) is 9.27. The predicted molar refractivity (Wildman–Crippen MR) is 52.2 cm³/mol. The SMILES string of the molecule is CCCOC(C[N+](=O)[O-])C(Cl)(Cl)Cl. The molecule has 0 aliphatic carbocycles. The fourth-order valence-corrected chi connectivity index (χ4v) is 1.04. The molecule has 1 unspecified atom stereocenters. The lowest BCUT2D eigenvalue weighted by molar-refractivity contribution is -0.491. The minimum atomic E-state index is -1.75. The van der Waals surface area contributed by atoms with Gasteiger partial charge >= 0.3 is 0 Å². The number of hydrogen-bond donors (Lipinski definition) is 0. The smallest absolute Gasteiger partial charge is 0.233 e. The number of halogens is 3. The standard InChI is InChI=1S/C6H10Cl3NO3/c1-2-3-13-5(4-10(11)12)6(7,8)9/h5H,2-4H2,1H3. The van der Waals surface area contributed by atoms with Crippen LogP contribution in [0.3, 0.4) is 0 Å². The summed E-state index contributed by atoms with van der Waals surface area (Å²) in [5.74, 6) is 0. The molecular formula is C6H10Cl3NO3. The van der Waals surface area contributed by atoms with Crippen LogP contribution in [0.25, 0.3) is 0 Å². The van der Waals surface area contributed by atoms with Crippen LogP contribution in [-0.2, 0) is 4.74 Å². The van der Waals surface area contributed by atoms with Crippen LogP contribution in [0.5, 0.6) is 0 Å². The van der Waals surface area contributed by atoms with E-state index < -0.39 is 21.4 Å². The lowest BCUT2D eigenvalue weighted by Gasteiger charge is -2.20. The van der Waals surface area contributed by atoms with Gasteiger partial charge in [0.05, 0.1) is 0 Å². The molecule has 7 heteroatoms. The highest BCUT2D eigenvalue weighted by atomic mass is 35.6. The van der Waals surface area contributed by atoms with Crippen LogP contribution in [0.2, 0.25) is 0 Å². The quantitative estimate of drug-likeness (QED) is 0.428. The van der Waals surface area contributed by atoms with Gasteiger partial charge in [-0.3, -0.25) is 10.1 Å². The fourth-order valence-electron chi connectivity index (χ4n) is 0.646. The third-order valence-corrected chi connectivity index (χ3v) is 1.93. The van der Waals surface area contributed by atoms with E-state index in [2.05, 4.69) is 0 Å². The third-order valence-electron chi connectivity index (χ3n) is 1.20. The summed E-state index contributed by atoms with van der Waals surface area (Å²) >= 11 is 16.4. The van der Waals surface area contributed by atoms with Gasteiger partial charge in [0, 0.05) is 11.5 Å². The van der Waals surface area contributed by atoms with Crippen molar-refractivity contribution in [1.82, 2.24) is 0 Å². The molecule has 0 saturated heterocycles. The molecule has 0 rings (SSSR count). The third kappa shape index (κ3) is 6.32. The van der Waals surface area contributed by atoms with E-state index in [1.165, 1.54) is 0 Å². The van der Waals surface area contributed by atoms with Gasteiger partial charge < -0.3 is 4.74 Å². The van der Waals surface area contributed by atoms with Crippen molar-refractivity contribution in [1.29, 1.82) is 0 Å². The average Bonchev–Trinajstić information content (AvgIpc) is 1.95. The van der Waals surface area contributed by atoms with Crippen molar-refractivity contribution in [2.75, 3.05) is 13.2 Å². The van der Waals surface area contributed by atoms with Gasteiger partial charge in [0.15, 0.2) is 6.10 Å². The normalized spacial score (nSPS) is 14.2. The molecule has 1 atom stereocenters. The molecule has 13 heavy (non-hydrogen) atoms. The van der Waals surface area contributed by atoms with Crippen LogP contribution in [-0.4, -0.2) is 28.0 Å². The number of nitro groups is 1. The summed E-state index contributed by atoms with van der Waals surface area (Å²) in [6, 6.07) is 0. The lowest BCUT2D eigenvalue weighted by Crippen LogP contribution is -2.35. The molecule has 0 fully saturated rings. The zero-order chi connectivity index (χ0) is 10.5. The molecule has 0 saturated carbocycles. The number of rotatable bonds is 5. The van der Waals surface area contributed by atoms with Gasteiger partial charge in [0.2, 0.25) is 10.3 Å². The molecule has 78 valence electrons. The first-order valence-electron chi connectivity index (χ1n) is 3.68. The second-order valence-corrected chi connectivity index (χ2v) is 4.79. The van der Waals surface area contributed by atoms with Gasteiger partial charge in [-0.05, 0) is 6.42 Å². The highest BCUT2D eigenvalue weighted by Gasteiger charge is 2.37. The number of hydrogen-bond acceptors (Lipinski definition) is 3. The molecule has 0 N–H and O–H groups in total. The van der Waals surface area contributed by atoms with Gasteiger partial charge in [-0.25, -0.2) is 0 Å². The number of ether oxygens (including phenoxy) is 1. The minimum absolute atomic E-state index is 0.340. The Morgan fingerprint density at radius 2 is 2.08 bits per heavy atom. The molecule has 0 aromatic carbocycles. The van der Waals surface area contributed by atoms with E-state index in [4.69, 9.17) is 39.5 Å². The Labute approximate surface area is 91.2 Å². The molecule has 0 amide bonds. The molecule has 0 aromatic heterocycles.